The van der Waals surface area contributed by atoms with Gasteiger partial charge in [-0.2, -0.15) is 15.1 Å². The number of hydrogen-bond acceptors (Lipinski definition) is 6. The third kappa shape index (κ3) is 4.04. The van der Waals surface area contributed by atoms with Gasteiger partial charge in [-0.05, 0) is 25.8 Å². The van der Waals surface area contributed by atoms with Gasteiger partial charge in [0.15, 0.2) is 0 Å². The number of aryl methyl sites for hydroxylation is 1. The highest BCUT2D eigenvalue weighted by Crippen LogP contribution is 2.31. The normalized spacial score (nSPS) is 16.8. The molecule has 4 rings (SSSR count). The summed E-state index contributed by atoms with van der Waals surface area (Å²) >= 11 is 6.37. The van der Waals surface area contributed by atoms with Crippen molar-refractivity contribution in [1.29, 1.82) is 0 Å². The smallest absolute Gasteiger partial charge is 0.246 e. The monoisotopic (exact) mass is 414 g/mol. The van der Waals surface area contributed by atoms with E-state index in [-0.39, 0.29) is 11.9 Å². The highest BCUT2D eigenvalue weighted by molar-refractivity contribution is 6.36. The maximum absolute atomic E-state index is 12.0. The number of H-pyrrole nitrogens is 1. The summed E-state index contributed by atoms with van der Waals surface area (Å²) in [5, 5.41) is 12.2. The molecule has 152 valence electrons. The second-order valence-electron chi connectivity index (χ2n) is 6.94. The Morgan fingerprint density at radius 2 is 2.34 bits per heavy atom. The molecule has 1 saturated heterocycles. The van der Waals surface area contributed by atoms with E-state index < -0.39 is 0 Å². The van der Waals surface area contributed by atoms with E-state index in [1.54, 1.807) is 17.3 Å². The number of carbonyl (C=O) groups excluding carboxylic acids is 1. The van der Waals surface area contributed by atoms with E-state index in [0.29, 0.717) is 29.0 Å². The zero-order chi connectivity index (χ0) is 20.4. The van der Waals surface area contributed by atoms with E-state index in [4.69, 9.17) is 11.6 Å². The molecule has 9 nitrogen and oxygen atoms in total. The molecule has 0 aliphatic carbocycles. The lowest BCUT2D eigenvalue weighted by Gasteiger charge is -2.33. The van der Waals surface area contributed by atoms with Crippen molar-refractivity contribution in [3.05, 3.63) is 36.3 Å². The van der Waals surface area contributed by atoms with Crippen molar-refractivity contribution in [3.8, 4) is 0 Å². The maximum atomic E-state index is 12.0. The van der Waals surface area contributed by atoms with Gasteiger partial charge in [0.25, 0.3) is 0 Å². The first kappa shape index (κ1) is 19.3. The van der Waals surface area contributed by atoms with E-state index in [1.807, 2.05) is 17.8 Å². The van der Waals surface area contributed by atoms with Crippen LogP contribution in [0.25, 0.3) is 11.0 Å². The molecular weight excluding hydrogens is 392 g/mol. The molecule has 0 aromatic carbocycles. The predicted octanol–water partition coefficient (Wildman–Crippen LogP) is 3.16. The number of amides is 1. The van der Waals surface area contributed by atoms with Gasteiger partial charge < -0.3 is 20.5 Å². The number of fused-ring (bicyclic) bond motifs is 1. The summed E-state index contributed by atoms with van der Waals surface area (Å²) in [6.45, 7) is 7.71. The molecule has 0 bridgehead atoms. The highest BCUT2D eigenvalue weighted by atomic mass is 35.5. The summed E-state index contributed by atoms with van der Waals surface area (Å²) < 4.78 is 1.82. The van der Waals surface area contributed by atoms with Gasteiger partial charge in [-0.25, -0.2) is 0 Å². The topological polar surface area (TPSA) is 104 Å². The first-order chi connectivity index (χ1) is 14.1. The molecule has 3 N–H and O–H groups in total. The van der Waals surface area contributed by atoms with Crippen LogP contribution in [0.5, 0.6) is 0 Å². The minimum atomic E-state index is -0.0562. The summed E-state index contributed by atoms with van der Waals surface area (Å²) in [5.41, 5.74) is 1.43. The molecule has 29 heavy (non-hydrogen) atoms. The third-order valence-electron chi connectivity index (χ3n) is 4.95. The number of aromatic amines is 1. The van der Waals surface area contributed by atoms with E-state index in [9.17, 15) is 4.79 Å². The second kappa shape index (κ2) is 8.12. The number of nitrogens with zero attached hydrogens (tertiary/aromatic N) is 5. The van der Waals surface area contributed by atoms with Crippen molar-refractivity contribution in [3.63, 3.8) is 0 Å². The van der Waals surface area contributed by atoms with Crippen molar-refractivity contribution in [2.45, 2.75) is 32.4 Å². The van der Waals surface area contributed by atoms with E-state index in [1.165, 1.54) is 6.08 Å². The summed E-state index contributed by atoms with van der Waals surface area (Å²) in [4.78, 5) is 26.0. The van der Waals surface area contributed by atoms with Crippen LogP contribution in [-0.2, 0) is 11.3 Å². The summed E-state index contributed by atoms with van der Waals surface area (Å²) in [7, 11) is 0. The molecular formula is C19H23ClN8O. The average Bonchev–Trinajstić information content (AvgIpc) is 3.34. The minimum Gasteiger partial charge on any atom is -0.365 e. The van der Waals surface area contributed by atoms with Gasteiger partial charge >= 0.3 is 0 Å². The maximum Gasteiger partial charge on any atom is 0.246 e. The van der Waals surface area contributed by atoms with Crippen molar-refractivity contribution >= 4 is 46.0 Å². The van der Waals surface area contributed by atoms with Crippen molar-refractivity contribution < 1.29 is 4.79 Å². The van der Waals surface area contributed by atoms with Crippen LogP contribution in [0, 0.1) is 0 Å². The lowest BCUT2D eigenvalue weighted by molar-refractivity contribution is -0.127. The molecule has 1 unspecified atom stereocenters. The SMILES string of the molecule is C=CC(=O)N1CCCC(Nc2nc(Nc3cnn(CC)c3)nc3[nH]cc(Cl)c23)C1. The zero-order valence-corrected chi connectivity index (χ0v) is 16.9. The Hall–Kier alpha value is -3.07. The van der Waals surface area contributed by atoms with Crippen LogP contribution in [0.15, 0.2) is 31.2 Å². The van der Waals surface area contributed by atoms with Crippen LogP contribution in [0.3, 0.4) is 0 Å². The zero-order valence-electron chi connectivity index (χ0n) is 16.2. The largest absolute Gasteiger partial charge is 0.365 e. The van der Waals surface area contributed by atoms with Gasteiger partial charge in [-0.1, -0.05) is 18.2 Å². The number of rotatable bonds is 6. The fraction of sp³-hybridized carbons (Fsp3) is 0.368. The first-order valence-electron chi connectivity index (χ1n) is 9.59. The fourth-order valence-corrected chi connectivity index (χ4v) is 3.74. The summed E-state index contributed by atoms with van der Waals surface area (Å²) in [6.07, 6.45) is 8.51. The van der Waals surface area contributed by atoms with Gasteiger partial charge in [-0.3, -0.25) is 9.48 Å². The number of carbonyl (C=O) groups is 1. The molecule has 4 heterocycles. The van der Waals surface area contributed by atoms with Crippen LogP contribution in [0.1, 0.15) is 19.8 Å². The van der Waals surface area contributed by atoms with Gasteiger partial charge in [0.2, 0.25) is 11.9 Å². The Morgan fingerprint density at radius 3 is 3.10 bits per heavy atom. The molecule has 1 atom stereocenters. The van der Waals surface area contributed by atoms with Crippen molar-refractivity contribution in [2.24, 2.45) is 0 Å². The predicted molar refractivity (Wildman–Crippen MR) is 114 cm³/mol. The molecule has 0 radical (unpaired) electrons. The van der Waals surface area contributed by atoms with Crippen molar-refractivity contribution in [1.82, 2.24) is 29.6 Å². The number of aromatic nitrogens is 5. The van der Waals surface area contributed by atoms with Crippen LogP contribution in [0.2, 0.25) is 5.02 Å². The van der Waals surface area contributed by atoms with Gasteiger partial charge in [-0.15, -0.1) is 0 Å². The van der Waals surface area contributed by atoms with Crippen LogP contribution < -0.4 is 10.6 Å². The van der Waals surface area contributed by atoms with E-state index in [2.05, 4.69) is 37.3 Å². The van der Waals surface area contributed by atoms with Crippen LogP contribution >= 0.6 is 11.6 Å². The average molecular weight is 415 g/mol. The van der Waals surface area contributed by atoms with Crippen LogP contribution in [0.4, 0.5) is 17.5 Å². The number of likely N-dealkylation sites (tertiary alicyclic amines) is 1. The number of piperidine rings is 1. The molecule has 1 fully saturated rings. The molecule has 1 amide bonds. The lowest BCUT2D eigenvalue weighted by Crippen LogP contribution is -2.44. The quantitative estimate of drug-likeness (QED) is 0.535. The molecule has 0 spiro atoms. The number of nitrogens with one attached hydrogen (secondary N) is 3. The number of anilines is 3. The molecule has 3 aromatic heterocycles. The summed E-state index contributed by atoms with van der Waals surface area (Å²) in [6, 6.07) is 0.0624. The fourth-order valence-electron chi connectivity index (χ4n) is 3.50. The Labute approximate surface area is 173 Å². The Bertz CT molecular complexity index is 1040. The van der Waals surface area contributed by atoms with Gasteiger partial charge in [0.1, 0.15) is 11.5 Å². The lowest BCUT2D eigenvalue weighted by atomic mass is 10.1. The first-order valence-corrected chi connectivity index (χ1v) is 9.97. The van der Waals surface area contributed by atoms with Gasteiger partial charge in [0, 0.05) is 38.1 Å². The molecule has 3 aromatic rings. The molecule has 10 heteroatoms. The number of halogens is 1. The minimum absolute atomic E-state index is 0.0562. The number of hydrogen-bond donors (Lipinski definition) is 3. The van der Waals surface area contributed by atoms with Crippen LogP contribution in [-0.4, -0.2) is 54.7 Å². The Balaban J connectivity index is 1.61. The van der Waals surface area contributed by atoms with E-state index in [0.717, 1.165) is 37.0 Å². The molecule has 0 saturated carbocycles. The Kier molecular flexibility index (Phi) is 5.39. The van der Waals surface area contributed by atoms with E-state index >= 15 is 0 Å². The molecule has 1 aliphatic rings. The summed E-state index contributed by atoms with van der Waals surface area (Å²) in [5.74, 6) is 1.01. The standard InChI is InChI=1S/C19H23ClN8O/c1-3-15(29)27-7-5-6-12(10-27)23-18-16-14(20)9-21-17(16)25-19(26-18)24-13-8-22-28(4-2)11-13/h3,8-9,11-12H,1,4-7,10H2,2H3,(H3,21,23,24,25,26). The van der Waals surface area contributed by atoms with Gasteiger partial charge in [0.05, 0.1) is 22.3 Å². The molecule has 1 aliphatic heterocycles. The third-order valence-corrected chi connectivity index (χ3v) is 5.24. The second-order valence-corrected chi connectivity index (χ2v) is 7.34. The Morgan fingerprint density at radius 1 is 1.48 bits per heavy atom. The highest BCUT2D eigenvalue weighted by Gasteiger charge is 2.24. The van der Waals surface area contributed by atoms with Crippen molar-refractivity contribution in [2.75, 3.05) is 23.7 Å².